The van der Waals surface area contributed by atoms with E-state index in [1.807, 2.05) is 0 Å². The zero-order valence-corrected chi connectivity index (χ0v) is 16.2. The number of nitrogens with one attached hydrogen (secondary N) is 1. The minimum Gasteiger partial charge on any atom is -0.273 e. The molecule has 4 heteroatoms. The molecule has 1 saturated carbocycles. The summed E-state index contributed by atoms with van der Waals surface area (Å²) < 4.78 is 0. The van der Waals surface area contributed by atoms with Crippen molar-refractivity contribution in [3.05, 3.63) is 29.8 Å². The third kappa shape index (κ3) is 6.31. The van der Waals surface area contributed by atoms with E-state index >= 15 is 0 Å². The summed E-state index contributed by atoms with van der Waals surface area (Å²) in [5, 5.41) is 4.34. The van der Waals surface area contributed by atoms with Gasteiger partial charge in [-0.2, -0.15) is 5.10 Å². The van der Waals surface area contributed by atoms with Crippen molar-refractivity contribution in [2.24, 2.45) is 16.4 Å². The molecular weight excluding hydrogens is 316 g/mol. The lowest BCUT2D eigenvalue weighted by Crippen LogP contribution is -2.27. The molecule has 0 bridgehead atoms. The Morgan fingerprint density at radius 1 is 1.21 bits per heavy atom. The van der Waals surface area contributed by atoms with Crippen molar-refractivity contribution >= 4 is 23.4 Å². The maximum atomic E-state index is 11.9. The Morgan fingerprint density at radius 3 is 2.42 bits per heavy atom. The summed E-state index contributed by atoms with van der Waals surface area (Å²) in [6.07, 6.45) is 4.89. The Kier molecular flexibility index (Phi) is 6.90. The predicted octanol–water partition coefficient (Wildman–Crippen LogP) is 5.19. The number of hydrogen-bond acceptors (Lipinski definition) is 3. The number of thioether (sulfide) groups is 1. The molecule has 24 heavy (non-hydrogen) atoms. The molecule has 0 radical (unpaired) electrons. The van der Waals surface area contributed by atoms with Gasteiger partial charge in [0.25, 0.3) is 0 Å². The van der Waals surface area contributed by atoms with E-state index < -0.39 is 0 Å². The van der Waals surface area contributed by atoms with Crippen LogP contribution < -0.4 is 5.43 Å². The molecule has 0 spiro atoms. The smallest absolute Gasteiger partial charge is 0.240 e. The van der Waals surface area contributed by atoms with Gasteiger partial charge in [0.15, 0.2) is 0 Å². The van der Waals surface area contributed by atoms with Crippen LogP contribution in [0.3, 0.4) is 0 Å². The van der Waals surface area contributed by atoms with Crippen LogP contribution in [-0.2, 0) is 4.79 Å². The van der Waals surface area contributed by atoms with Gasteiger partial charge in [-0.05, 0) is 56.1 Å². The standard InChI is InChI=1S/C20H30N2OS/c1-15-5-11-18(12-6-15)24-14-13-19(23)22-21-17-9-7-16(8-10-17)20(2,3)4/h5-6,11-12,16H,7-10,13-14H2,1-4H3,(H,22,23). The van der Waals surface area contributed by atoms with Crippen LogP contribution in [0.2, 0.25) is 0 Å². The van der Waals surface area contributed by atoms with Crippen LogP contribution in [0.25, 0.3) is 0 Å². The summed E-state index contributed by atoms with van der Waals surface area (Å²) >= 11 is 1.71. The number of benzene rings is 1. The van der Waals surface area contributed by atoms with Gasteiger partial charge in [0.1, 0.15) is 0 Å². The van der Waals surface area contributed by atoms with Gasteiger partial charge in [0.05, 0.1) is 0 Å². The summed E-state index contributed by atoms with van der Waals surface area (Å²) in [7, 11) is 0. The lowest BCUT2D eigenvalue weighted by atomic mass is 9.72. The number of hydrazone groups is 1. The highest BCUT2D eigenvalue weighted by molar-refractivity contribution is 7.99. The first kappa shape index (κ1) is 19.0. The van der Waals surface area contributed by atoms with Gasteiger partial charge < -0.3 is 0 Å². The van der Waals surface area contributed by atoms with Gasteiger partial charge >= 0.3 is 0 Å². The highest BCUT2D eigenvalue weighted by Crippen LogP contribution is 2.36. The average molecular weight is 347 g/mol. The van der Waals surface area contributed by atoms with Crippen LogP contribution in [0.15, 0.2) is 34.3 Å². The van der Waals surface area contributed by atoms with Gasteiger partial charge in [0, 0.05) is 22.8 Å². The molecule has 132 valence electrons. The van der Waals surface area contributed by atoms with E-state index in [1.54, 1.807) is 11.8 Å². The van der Waals surface area contributed by atoms with Crippen LogP contribution in [0.4, 0.5) is 0 Å². The van der Waals surface area contributed by atoms with Crippen molar-refractivity contribution in [3.63, 3.8) is 0 Å². The quantitative estimate of drug-likeness (QED) is 0.589. The molecule has 0 unspecified atom stereocenters. The first-order chi connectivity index (χ1) is 11.3. The Balaban J connectivity index is 1.67. The number of nitrogens with zero attached hydrogens (tertiary/aromatic N) is 1. The van der Waals surface area contributed by atoms with E-state index in [-0.39, 0.29) is 5.91 Å². The maximum Gasteiger partial charge on any atom is 0.240 e. The second kappa shape index (κ2) is 8.70. The van der Waals surface area contributed by atoms with Gasteiger partial charge in [-0.1, -0.05) is 38.5 Å². The number of carbonyl (C=O) groups is 1. The molecule has 1 N–H and O–H groups in total. The number of carbonyl (C=O) groups excluding carboxylic acids is 1. The molecule has 2 rings (SSSR count). The fraction of sp³-hybridized carbons (Fsp3) is 0.600. The molecule has 1 fully saturated rings. The molecule has 1 aliphatic carbocycles. The molecule has 1 aliphatic rings. The first-order valence-electron chi connectivity index (χ1n) is 8.88. The fourth-order valence-electron chi connectivity index (χ4n) is 3.02. The molecule has 3 nitrogen and oxygen atoms in total. The molecule has 0 atom stereocenters. The number of amides is 1. The number of rotatable bonds is 5. The molecular formula is C20H30N2OS. The van der Waals surface area contributed by atoms with Crippen molar-refractivity contribution in [2.75, 3.05) is 5.75 Å². The molecule has 0 aromatic heterocycles. The largest absolute Gasteiger partial charge is 0.273 e. The third-order valence-electron chi connectivity index (χ3n) is 4.75. The summed E-state index contributed by atoms with van der Waals surface area (Å²) in [5.41, 5.74) is 5.52. The minimum absolute atomic E-state index is 0.0139. The monoisotopic (exact) mass is 346 g/mol. The zero-order chi connectivity index (χ0) is 17.6. The van der Waals surface area contributed by atoms with Gasteiger partial charge in [-0.15, -0.1) is 11.8 Å². The van der Waals surface area contributed by atoms with Gasteiger partial charge in [-0.25, -0.2) is 5.43 Å². The molecule has 1 aromatic carbocycles. The van der Waals surface area contributed by atoms with Crippen LogP contribution in [0.5, 0.6) is 0 Å². The van der Waals surface area contributed by atoms with Crippen molar-refractivity contribution < 1.29 is 4.79 Å². The Hall–Kier alpha value is -1.29. The lowest BCUT2D eigenvalue weighted by molar-refractivity contribution is -0.120. The second-order valence-electron chi connectivity index (χ2n) is 7.76. The van der Waals surface area contributed by atoms with E-state index in [1.165, 1.54) is 23.3 Å². The normalized spacial score (nSPS) is 18.3. The van der Waals surface area contributed by atoms with Crippen molar-refractivity contribution in [1.82, 2.24) is 5.43 Å². The minimum atomic E-state index is 0.0139. The van der Waals surface area contributed by atoms with Crippen molar-refractivity contribution in [3.8, 4) is 0 Å². The SMILES string of the molecule is Cc1ccc(SCCC(=O)NN=C2CCC(C(C)(C)C)CC2)cc1. The Labute approximate surface area is 150 Å². The van der Waals surface area contributed by atoms with Crippen molar-refractivity contribution in [2.45, 2.75) is 64.7 Å². The number of hydrogen-bond donors (Lipinski definition) is 1. The predicted molar refractivity (Wildman–Crippen MR) is 104 cm³/mol. The van der Waals surface area contributed by atoms with Crippen LogP contribution in [0.1, 0.15) is 58.4 Å². The van der Waals surface area contributed by atoms with E-state index in [0.717, 1.165) is 30.2 Å². The molecule has 1 amide bonds. The topological polar surface area (TPSA) is 41.5 Å². The van der Waals surface area contributed by atoms with E-state index in [9.17, 15) is 4.79 Å². The summed E-state index contributed by atoms with van der Waals surface area (Å²) in [5.74, 6) is 1.56. The molecule has 1 aromatic rings. The fourth-order valence-corrected chi connectivity index (χ4v) is 3.87. The van der Waals surface area contributed by atoms with Crippen molar-refractivity contribution in [1.29, 1.82) is 0 Å². The summed E-state index contributed by atoms with van der Waals surface area (Å²) in [6, 6.07) is 8.40. The van der Waals surface area contributed by atoms with Crippen LogP contribution >= 0.6 is 11.8 Å². The van der Waals surface area contributed by atoms with Crippen LogP contribution in [0, 0.1) is 18.3 Å². The second-order valence-corrected chi connectivity index (χ2v) is 8.93. The van der Waals surface area contributed by atoms with Gasteiger partial charge in [-0.3, -0.25) is 4.79 Å². The van der Waals surface area contributed by atoms with E-state index in [2.05, 4.69) is 62.5 Å². The Morgan fingerprint density at radius 2 is 1.83 bits per heavy atom. The maximum absolute atomic E-state index is 11.9. The lowest BCUT2D eigenvalue weighted by Gasteiger charge is -2.34. The molecule has 0 heterocycles. The van der Waals surface area contributed by atoms with E-state index in [4.69, 9.17) is 0 Å². The molecule has 0 aliphatic heterocycles. The summed E-state index contributed by atoms with van der Waals surface area (Å²) in [6.45, 7) is 9.02. The first-order valence-corrected chi connectivity index (χ1v) is 9.87. The highest BCUT2D eigenvalue weighted by Gasteiger charge is 2.28. The zero-order valence-electron chi connectivity index (χ0n) is 15.4. The molecule has 0 saturated heterocycles. The third-order valence-corrected chi connectivity index (χ3v) is 5.76. The summed E-state index contributed by atoms with van der Waals surface area (Å²) in [4.78, 5) is 13.1. The van der Waals surface area contributed by atoms with Crippen LogP contribution in [-0.4, -0.2) is 17.4 Å². The average Bonchev–Trinajstić information content (AvgIpc) is 2.54. The van der Waals surface area contributed by atoms with Gasteiger partial charge in [0.2, 0.25) is 5.91 Å². The van der Waals surface area contributed by atoms with E-state index in [0.29, 0.717) is 11.8 Å². The Bertz CT molecular complexity index is 562. The highest BCUT2D eigenvalue weighted by atomic mass is 32.2. The number of aryl methyl sites for hydroxylation is 1.